The first kappa shape index (κ1) is 15.7. The second-order valence-corrected chi connectivity index (χ2v) is 6.56. The van der Waals surface area contributed by atoms with Crippen LogP contribution in [0, 0.1) is 6.92 Å². The Labute approximate surface area is 146 Å². The van der Waals surface area contributed by atoms with E-state index < -0.39 is 0 Å². The summed E-state index contributed by atoms with van der Waals surface area (Å²) in [4.78, 5) is 18.4. The highest BCUT2D eigenvalue weighted by atomic mass is 16.5. The van der Waals surface area contributed by atoms with E-state index in [4.69, 9.17) is 4.74 Å². The predicted octanol–water partition coefficient (Wildman–Crippen LogP) is 2.99. The summed E-state index contributed by atoms with van der Waals surface area (Å²) in [7, 11) is 1.65. The largest absolute Gasteiger partial charge is 0.497 e. The highest BCUT2D eigenvalue weighted by Gasteiger charge is 2.31. The van der Waals surface area contributed by atoms with E-state index in [0.717, 1.165) is 48.1 Å². The van der Waals surface area contributed by atoms with Crippen LogP contribution in [0.4, 0.5) is 0 Å². The number of H-pyrrole nitrogens is 1. The second kappa shape index (κ2) is 6.27. The Hall–Kier alpha value is -2.76. The van der Waals surface area contributed by atoms with Crippen LogP contribution in [0.2, 0.25) is 0 Å². The molecule has 0 radical (unpaired) electrons. The average Bonchev–Trinajstić information content (AvgIpc) is 3.36. The van der Waals surface area contributed by atoms with Gasteiger partial charge in [0.05, 0.1) is 19.7 Å². The molecule has 3 heterocycles. The summed E-state index contributed by atoms with van der Waals surface area (Å²) in [5.41, 5.74) is 2.61. The number of rotatable bonds is 4. The second-order valence-electron chi connectivity index (χ2n) is 6.56. The number of methoxy groups -OCH3 is 1. The summed E-state index contributed by atoms with van der Waals surface area (Å²) in [5, 5.41) is 5.31. The number of benzene rings is 1. The summed E-state index contributed by atoms with van der Waals surface area (Å²) < 4.78 is 7.21. The van der Waals surface area contributed by atoms with E-state index in [2.05, 4.69) is 10.1 Å². The summed E-state index contributed by atoms with van der Waals surface area (Å²) >= 11 is 0. The molecule has 1 aromatic carbocycles. The van der Waals surface area contributed by atoms with Crippen molar-refractivity contribution >= 4 is 16.8 Å². The molecule has 6 heteroatoms. The number of aromatic nitrogens is 3. The molecule has 1 aliphatic heterocycles. The standard InChI is InChI=1S/C19H22N4O2/c1-13-16-11-15(25-2)6-7-17(16)21-18(13)19(24)23-10-3-5-14(23)12-22-9-4-8-20-22/h4,6-9,11,14,21H,3,5,10,12H2,1-2H3/t14-/m0/s1. The lowest BCUT2D eigenvalue weighted by molar-refractivity contribution is 0.0716. The fourth-order valence-electron chi connectivity index (χ4n) is 3.71. The summed E-state index contributed by atoms with van der Waals surface area (Å²) in [5.74, 6) is 0.869. The van der Waals surface area contributed by atoms with Gasteiger partial charge in [-0.15, -0.1) is 0 Å². The highest BCUT2D eigenvalue weighted by Crippen LogP contribution is 2.28. The zero-order valence-corrected chi connectivity index (χ0v) is 14.5. The van der Waals surface area contributed by atoms with Gasteiger partial charge in [0.1, 0.15) is 11.4 Å². The molecule has 25 heavy (non-hydrogen) atoms. The van der Waals surface area contributed by atoms with Crippen molar-refractivity contribution in [2.75, 3.05) is 13.7 Å². The molecule has 6 nitrogen and oxygen atoms in total. The molecule has 1 amide bonds. The number of likely N-dealkylation sites (tertiary alicyclic amines) is 1. The van der Waals surface area contributed by atoms with Gasteiger partial charge in [-0.2, -0.15) is 5.10 Å². The van der Waals surface area contributed by atoms with E-state index in [0.29, 0.717) is 5.69 Å². The smallest absolute Gasteiger partial charge is 0.270 e. The van der Waals surface area contributed by atoms with Gasteiger partial charge in [-0.3, -0.25) is 9.48 Å². The monoisotopic (exact) mass is 338 g/mol. The maximum atomic E-state index is 13.2. The molecule has 0 aliphatic carbocycles. The van der Waals surface area contributed by atoms with Crippen molar-refractivity contribution < 1.29 is 9.53 Å². The molecule has 1 N–H and O–H groups in total. The topological polar surface area (TPSA) is 63.2 Å². The minimum atomic E-state index is 0.0716. The first-order valence-corrected chi connectivity index (χ1v) is 8.62. The van der Waals surface area contributed by atoms with Crippen molar-refractivity contribution in [3.05, 3.63) is 47.9 Å². The molecule has 0 saturated carbocycles. The molecule has 0 bridgehead atoms. The Morgan fingerprint density at radius 1 is 1.44 bits per heavy atom. The number of carbonyl (C=O) groups excluding carboxylic acids is 1. The molecule has 3 aromatic rings. The number of carbonyl (C=O) groups is 1. The summed E-state index contributed by atoms with van der Waals surface area (Å²) in [6.45, 7) is 3.53. The quantitative estimate of drug-likeness (QED) is 0.795. The van der Waals surface area contributed by atoms with Crippen molar-refractivity contribution in [3.8, 4) is 5.75 Å². The molecule has 0 unspecified atom stereocenters. The lowest BCUT2D eigenvalue weighted by Gasteiger charge is -2.24. The van der Waals surface area contributed by atoms with Gasteiger partial charge in [0.25, 0.3) is 5.91 Å². The Balaban J connectivity index is 1.63. The predicted molar refractivity (Wildman–Crippen MR) is 95.9 cm³/mol. The molecule has 1 fully saturated rings. The number of nitrogens with one attached hydrogen (secondary N) is 1. The summed E-state index contributed by atoms with van der Waals surface area (Å²) in [6.07, 6.45) is 5.77. The first-order valence-electron chi connectivity index (χ1n) is 8.62. The fourth-order valence-corrected chi connectivity index (χ4v) is 3.71. The van der Waals surface area contributed by atoms with Crippen LogP contribution >= 0.6 is 0 Å². The number of ether oxygens (including phenoxy) is 1. The third-order valence-electron chi connectivity index (χ3n) is 5.07. The molecule has 130 valence electrons. The fraction of sp³-hybridized carbons (Fsp3) is 0.368. The SMILES string of the molecule is COc1ccc2[nH]c(C(=O)N3CCC[C@H]3Cn3cccn3)c(C)c2c1. The lowest BCUT2D eigenvalue weighted by atomic mass is 10.1. The van der Waals surface area contributed by atoms with E-state index in [1.807, 2.05) is 47.0 Å². The molecular formula is C19H22N4O2. The van der Waals surface area contributed by atoms with Gasteiger partial charge in [-0.25, -0.2) is 0 Å². The number of aromatic amines is 1. The van der Waals surface area contributed by atoms with Gasteiger partial charge in [0.2, 0.25) is 0 Å². The van der Waals surface area contributed by atoms with Crippen LogP contribution in [0.5, 0.6) is 5.75 Å². The van der Waals surface area contributed by atoms with E-state index in [-0.39, 0.29) is 11.9 Å². The Morgan fingerprint density at radius 2 is 2.32 bits per heavy atom. The van der Waals surface area contributed by atoms with Crippen LogP contribution < -0.4 is 4.74 Å². The molecule has 2 aromatic heterocycles. The lowest BCUT2D eigenvalue weighted by Crippen LogP contribution is -2.38. The van der Waals surface area contributed by atoms with E-state index >= 15 is 0 Å². The van der Waals surface area contributed by atoms with Gasteiger partial charge >= 0.3 is 0 Å². The summed E-state index contributed by atoms with van der Waals surface area (Å²) in [6, 6.07) is 7.94. The zero-order chi connectivity index (χ0) is 17.4. The van der Waals surface area contributed by atoms with Gasteiger partial charge in [-0.05, 0) is 49.6 Å². The average molecular weight is 338 g/mol. The van der Waals surface area contributed by atoms with Crippen LogP contribution in [0.15, 0.2) is 36.7 Å². The van der Waals surface area contributed by atoms with E-state index in [1.54, 1.807) is 13.3 Å². The molecular weight excluding hydrogens is 316 g/mol. The van der Waals surface area contributed by atoms with Crippen LogP contribution in [0.25, 0.3) is 10.9 Å². The normalized spacial score (nSPS) is 17.4. The Bertz CT molecular complexity index is 898. The van der Waals surface area contributed by atoms with Gasteiger partial charge in [0.15, 0.2) is 0 Å². The third kappa shape index (κ3) is 2.77. The number of aryl methyl sites for hydroxylation is 1. The van der Waals surface area contributed by atoms with Crippen molar-refractivity contribution in [2.24, 2.45) is 0 Å². The van der Waals surface area contributed by atoms with Crippen LogP contribution in [0.1, 0.15) is 28.9 Å². The third-order valence-corrected chi connectivity index (χ3v) is 5.07. The van der Waals surface area contributed by atoms with Crippen LogP contribution in [0.3, 0.4) is 0 Å². The minimum absolute atomic E-state index is 0.0716. The van der Waals surface area contributed by atoms with Gasteiger partial charge in [0, 0.05) is 29.8 Å². The van der Waals surface area contributed by atoms with Crippen LogP contribution in [-0.4, -0.2) is 45.3 Å². The maximum Gasteiger partial charge on any atom is 0.270 e. The molecule has 1 atom stereocenters. The molecule has 1 saturated heterocycles. The van der Waals surface area contributed by atoms with E-state index in [9.17, 15) is 4.79 Å². The zero-order valence-electron chi connectivity index (χ0n) is 14.5. The minimum Gasteiger partial charge on any atom is -0.497 e. The Kier molecular flexibility index (Phi) is 3.95. The first-order chi connectivity index (χ1) is 12.2. The van der Waals surface area contributed by atoms with E-state index in [1.165, 1.54) is 0 Å². The maximum absolute atomic E-state index is 13.2. The van der Waals surface area contributed by atoms with Crippen LogP contribution in [-0.2, 0) is 6.54 Å². The highest BCUT2D eigenvalue weighted by molar-refractivity contribution is 6.01. The van der Waals surface area contributed by atoms with Crippen molar-refractivity contribution in [3.63, 3.8) is 0 Å². The molecule has 0 spiro atoms. The van der Waals surface area contributed by atoms with Gasteiger partial charge < -0.3 is 14.6 Å². The number of fused-ring (bicyclic) bond motifs is 1. The van der Waals surface area contributed by atoms with Crippen molar-refractivity contribution in [1.82, 2.24) is 19.7 Å². The van der Waals surface area contributed by atoms with Crippen molar-refractivity contribution in [2.45, 2.75) is 32.4 Å². The Morgan fingerprint density at radius 3 is 3.08 bits per heavy atom. The molecule has 4 rings (SSSR count). The van der Waals surface area contributed by atoms with Gasteiger partial charge in [-0.1, -0.05) is 0 Å². The molecule has 1 aliphatic rings. The number of hydrogen-bond acceptors (Lipinski definition) is 3. The van der Waals surface area contributed by atoms with Crippen molar-refractivity contribution in [1.29, 1.82) is 0 Å². The number of nitrogens with zero attached hydrogens (tertiary/aromatic N) is 3. The number of amides is 1. The number of hydrogen-bond donors (Lipinski definition) is 1.